The number of nitrogens with zero attached hydrogens (tertiary/aromatic N) is 1. The molecule has 1 atom stereocenters. The zero-order valence-corrected chi connectivity index (χ0v) is 16.4. The zero-order valence-electron chi connectivity index (χ0n) is 14.6. The summed E-state index contributed by atoms with van der Waals surface area (Å²) in [4.78, 5) is 0.0377. The van der Waals surface area contributed by atoms with Crippen LogP contribution in [-0.2, 0) is 18.7 Å². The van der Waals surface area contributed by atoms with Crippen molar-refractivity contribution in [3.63, 3.8) is 0 Å². The fraction of sp³-hybridized carbons (Fsp3) is 0.562. The molecule has 0 fully saturated rings. The molecule has 0 heterocycles. The van der Waals surface area contributed by atoms with Crippen LogP contribution in [-0.4, -0.2) is 29.4 Å². The third-order valence-corrected chi connectivity index (χ3v) is 9.93. The molecule has 0 saturated heterocycles. The lowest BCUT2D eigenvalue weighted by Crippen LogP contribution is -2.43. The quantitative estimate of drug-likeness (QED) is 0.575. The molecule has 23 heavy (non-hydrogen) atoms. The molecule has 5 nitrogen and oxygen atoms in total. The maximum atomic E-state index is 12.2. The van der Waals surface area contributed by atoms with E-state index in [1.165, 1.54) is 12.1 Å². The number of hydrogen-bond acceptors (Lipinski definition) is 5. The third-order valence-electron chi connectivity index (χ3n) is 4.10. The molecule has 1 unspecified atom stereocenters. The molecule has 0 aliphatic heterocycles. The van der Waals surface area contributed by atoms with E-state index in [-0.39, 0.29) is 16.5 Å². The first-order chi connectivity index (χ1) is 10.4. The molecule has 0 spiro atoms. The summed E-state index contributed by atoms with van der Waals surface area (Å²) >= 11 is 0. The van der Waals surface area contributed by atoms with Gasteiger partial charge in [0.05, 0.1) is 17.6 Å². The van der Waals surface area contributed by atoms with Gasteiger partial charge in [-0.3, -0.25) is 0 Å². The molecular weight excluding hydrogens is 330 g/mol. The summed E-state index contributed by atoms with van der Waals surface area (Å²) in [6, 6.07) is 8.16. The normalized spacial score (nSPS) is 14.3. The van der Waals surface area contributed by atoms with Crippen LogP contribution in [0.1, 0.15) is 26.3 Å². The van der Waals surface area contributed by atoms with Crippen molar-refractivity contribution < 1.29 is 17.0 Å². The smallest absolute Gasteiger partial charge is 0.298 e. The van der Waals surface area contributed by atoms with Gasteiger partial charge in [-0.2, -0.15) is 13.7 Å². The Morgan fingerprint density at radius 3 is 2.17 bits per heavy atom. The number of hydrogen-bond donors (Lipinski definition) is 0. The van der Waals surface area contributed by atoms with Crippen LogP contribution in [0.3, 0.4) is 0 Å². The molecule has 0 aliphatic carbocycles. The van der Waals surface area contributed by atoms with Crippen LogP contribution in [0, 0.1) is 18.3 Å². The van der Waals surface area contributed by atoms with E-state index in [0.717, 1.165) is 5.56 Å². The number of aryl methyl sites for hydroxylation is 1. The Kier molecular flexibility index (Phi) is 6.16. The maximum absolute atomic E-state index is 12.2. The molecule has 0 aliphatic rings. The van der Waals surface area contributed by atoms with Gasteiger partial charge in [0.25, 0.3) is 10.1 Å². The first-order valence-corrected chi connectivity index (χ1v) is 11.7. The highest BCUT2D eigenvalue weighted by Gasteiger charge is 2.38. The van der Waals surface area contributed by atoms with Crippen molar-refractivity contribution >= 4 is 18.4 Å². The Morgan fingerprint density at radius 1 is 1.22 bits per heavy atom. The van der Waals surface area contributed by atoms with Gasteiger partial charge in [0, 0.05) is 0 Å². The predicted molar refractivity (Wildman–Crippen MR) is 92.0 cm³/mol. The van der Waals surface area contributed by atoms with Crippen LogP contribution in [0.15, 0.2) is 29.2 Å². The van der Waals surface area contributed by atoms with Crippen molar-refractivity contribution in [1.82, 2.24) is 0 Å². The molecule has 7 heteroatoms. The molecule has 1 aromatic carbocycles. The van der Waals surface area contributed by atoms with Gasteiger partial charge in [-0.05, 0) is 37.2 Å². The average Bonchev–Trinajstić information content (AvgIpc) is 2.42. The van der Waals surface area contributed by atoms with E-state index >= 15 is 0 Å². The van der Waals surface area contributed by atoms with E-state index < -0.39 is 24.5 Å². The van der Waals surface area contributed by atoms with Crippen LogP contribution in [0.2, 0.25) is 18.1 Å². The van der Waals surface area contributed by atoms with Crippen molar-refractivity contribution in [2.24, 2.45) is 0 Å². The summed E-state index contributed by atoms with van der Waals surface area (Å²) in [6.07, 6.45) is -1.16. The largest absolute Gasteiger partial charge is 0.413 e. The van der Waals surface area contributed by atoms with Crippen molar-refractivity contribution in [1.29, 1.82) is 5.26 Å². The highest BCUT2D eigenvalue weighted by atomic mass is 32.2. The Labute approximate surface area is 140 Å². The van der Waals surface area contributed by atoms with Gasteiger partial charge in [0.15, 0.2) is 14.4 Å². The molecule has 0 radical (unpaired) electrons. The van der Waals surface area contributed by atoms with Gasteiger partial charge in [0.2, 0.25) is 0 Å². The van der Waals surface area contributed by atoms with E-state index in [0.29, 0.717) is 0 Å². The second kappa shape index (κ2) is 7.14. The fourth-order valence-corrected chi connectivity index (χ4v) is 3.49. The first-order valence-electron chi connectivity index (χ1n) is 7.42. The van der Waals surface area contributed by atoms with Crippen molar-refractivity contribution in [3.05, 3.63) is 29.8 Å². The van der Waals surface area contributed by atoms with Gasteiger partial charge >= 0.3 is 0 Å². The molecule has 0 bridgehead atoms. The fourth-order valence-electron chi connectivity index (χ4n) is 1.50. The van der Waals surface area contributed by atoms with Crippen LogP contribution in [0.4, 0.5) is 0 Å². The van der Waals surface area contributed by atoms with Crippen molar-refractivity contribution in [3.8, 4) is 6.07 Å². The summed E-state index contributed by atoms with van der Waals surface area (Å²) in [5.74, 6) is 0. The Morgan fingerprint density at radius 2 is 1.74 bits per heavy atom. The Bertz CT molecular complexity index is 670. The molecular formula is C16H25NO4SSi. The summed E-state index contributed by atoms with van der Waals surface area (Å²) in [5, 5.41) is 9.15. The van der Waals surface area contributed by atoms with Crippen LogP contribution >= 0.6 is 0 Å². The molecule has 1 aromatic rings. The second-order valence-electron chi connectivity index (χ2n) is 7.05. The number of nitriles is 1. The van der Waals surface area contributed by atoms with E-state index in [4.69, 9.17) is 8.61 Å². The summed E-state index contributed by atoms with van der Waals surface area (Å²) < 4.78 is 35.3. The second-order valence-corrected chi connectivity index (χ2v) is 13.4. The van der Waals surface area contributed by atoms with Gasteiger partial charge in [-0.25, -0.2) is 4.18 Å². The average molecular weight is 356 g/mol. The Balaban J connectivity index is 2.81. The molecule has 0 saturated carbocycles. The molecule has 128 valence electrons. The summed E-state index contributed by atoms with van der Waals surface area (Å²) in [7, 11) is -6.05. The summed E-state index contributed by atoms with van der Waals surface area (Å²) in [5.41, 5.74) is 0.946. The molecule has 0 N–H and O–H groups in total. The van der Waals surface area contributed by atoms with E-state index in [1.807, 2.05) is 26.1 Å². The first kappa shape index (κ1) is 19.8. The van der Waals surface area contributed by atoms with Crippen molar-refractivity contribution in [2.75, 3.05) is 6.61 Å². The van der Waals surface area contributed by atoms with Gasteiger partial charge in [0.1, 0.15) is 0 Å². The number of rotatable bonds is 6. The van der Waals surface area contributed by atoms with Crippen LogP contribution < -0.4 is 0 Å². The molecule has 0 aromatic heterocycles. The van der Waals surface area contributed by atoms with Gasteiger partial charge < -0.3 is 4.43 Å². The van der Waals surface area contributed by atoms with E-state index in [2.05, 4.69) is 20.8 Å². The highest BCUT2D eigenvalue weighted by Crippen LogP contribution is 2.36. The van der Waals surface area contributed by atoms with E-state index in [1.54, 1.807) is 12.1 Å². The lowest BCUT2D eigenvalue weighted by Gasteiger charge is -2.36. The van der Waals surface area contributed by atoms with Crippen LogP contribution in [0.25, 0.3) is 0 Å². The topological polar surface area (TPSA) is 76.4 Å². The summed E-state index contributed by atoms with van der Waals surface area (Å²) in [6.45, 7) is 12.1. The standard InChI is InChI=1S/C16H25NO4SSi/c1-13-7-9-15(10-8-13)22(18,19)21-14(11-17)12-20-23(5,6)16(2,3)4/h7-10,14H,12H2,1-6H3. The minimum absolute atomic E-state index is 0.0250. The zero-order chi connectivity index (χ0) is 17.9. The van der Waals surface area contributed by atoms with Crippen LogP contribution in [0.5, 0.6) is 0 Å². The van der Waals surface area contributed by atoms with Crippen molar-refractivity contribution in [2.45, 2.75) is 56.8 Å². The maximum Gasteiger partial charge on any atom is 0.298 e. The molecule has 0 amide bonds. The monoisotopic (exact) mass is 355 g/mol. The van der Waals surface area contributed by atoms with E-state index in [9.17, 15) is 13.7 Å². The van der Waals surface area contributed by atoms with Gasteiger partial charge in [-0.1, -0.05) is 38.5 Å². The molecule has 1 rings (SSSR count). The lowest BCUT2D eigenvalue weighted by atomic mass is 10.2. The minimum atomic E-state index is -3.98. The predicted octanol–water partition coefficient (Wildman–Crippen LogP) is 3.61. The highest BCUT2D eigenvalue weighted by molar-refractivity contribution is 7.86. The van der Waals surface area contributed by atoms with Gasteiger partial charge in [-0.15, -0.1) is 0 Å². The Hall–Kier alpha value is -1.20. The SMILES string of the molecule is Cc1ccc(S(=O)(=O)OC(C#N)CO[Si](C)(C)C(C)(C)C)cc1. The lowest BCUT2D eigenvalue weighted by molar-refractivity contribution is 0.163. The number of benzene rings is 1. The minimum Gasteiger partial charge on any atom is -0.413 e. The third kappa shape index (κ3) is 5.43.